The van der Waals surface area contributed by atoms with E-state index in [2.05, 4.69) is 6.72 Å². The van der Waals surface area contributed by atoms with Crippen molar-refractivity contribution in [1.29, 1.82) is 0 Å². The van der Waals surface area contributed by atoms with Gasteiger partial charge in [0.15, 0.2) is 6.20 Å². The Balaban J connectivity index is 2.35. The molecule has 0 atom stereocenters. The minimum Gasteiger partial charge on any atom is -0.214 e. The van der Waals surface area contributed by atoms with Crippen molar-refractivity contribution in [1.82, 2.24) is 0 Å². The molecule has 3 heteroatoms. The Labute approximate surface area is 109 Å². The van der Waals surface area contributed by atoms with Gasteiger partial charge in [0.2, 0.25) is 0 Å². The molecule has 0 saturated carbocycles. The van der Waals surface area contributed by atoms with E-state index in [-0.39, 0.29) is 0 Å². The second-order valence-corrected chi connectivity index (χ2v) is 4.38. The van der Waals surface area contributed by atoms with Crippen molar-refractivity contribution >= 4 is 6.08 Å². The van der Waals surface area contributed by atoms with Crippen LogP contribution in [0.1, 0.15) is 5.56 Å². The van der Waals surface area contributed by atoms with Gasteiger partial charge in [0.1, 0.15) is 24.0 Å². The maximum Gasteiger partial charge on any atom is 0.156 e. The van der Waals surface area contributed by atoms with Gasteiger partial charge in [0.05, 0.1) is 0 Å². The highest BCUT2D eigenvalue weighted by molar-refractivity contribution is 5.65. The molecular weight excluding hydrogens is 244 g/mol. The molecule has 0 bridgehead atoms. The van der Waals surface area contributed by atoms with E-state index in [4.69, 9.17) is 0 Å². The summed E-state index contributed by atoms with van der Waals surface area (Å²) in [5, 5.41) is 1.00. The molecule has 19 heavy (non-hydrogen) atoms. The Bertz CT molecular complexity index is 771. The standard InChI is InChI=1S/C16H11F2N/c1-19-7-6-11-4-2-3-5-15(11)16(19)12-8-13(17)10-14(18)9-12/h2-10H,1H2. The molecule has 94 valence electrons. The third-order valence-corrected chi connectivity index (χ3v) is 3.07. The van der Waals surface area contributed by atoms with Gasteiger partial charge in [0.25, 0.3) is 0 Å². The topological polar surface area (TPSA) is 5.90 Å². The van der Waals surface area contributed by atoms with Crippen LogP contribution in [0.4, 0.5) is 8.78 Å². The van der Waals surface area contributed by atoms with Crippen molar-refractivity contribution in [3.05, 3.63) is 78.2 Å². The minimum atomic E-state index is -0.595. The zero-order valence-electron chi connectivity index (χ0n) is 10.1. The van der Waals surface area contributed by atoms with Crippen LogP contribution in [0.15, 0.2) is 42.6 Å². The van der Waals surface area contributed by atoms with E-state index in [1.165, 1.54) is 12.1 Å². The molecule has 1 aliphatic carbocycles. The normalized spacial score (nSPS) is 12.5. The van der Waals surface area contributed by atoms with E-state index in [1.807, 2.05) is 30.7 Å². The zero-order chi connectivity index (χ0) is 13.4. The summed E-state index contributed by atoms with van der Waals surface area (Å²) in [6.45, 7) is 3.88. The van der Waals surface area contributed by atoms with Crippen molar-refractivity contribution in [2.45, 2.75) is 0 Å². The van der Waals surface area contributed by atoms with Crippen molar-refractivity contribution in [2.24, 2.45) is 0 Å². The number of halogens is 2. The maximum atomic E-state index is 13.4. The van der Waals surface area contributed by atoms with Crippen LogP contribution in [0.5, 0.6) is 0 Å². The van der Waals surface area contributed by atoms with E-state index >= 15 is 0 Å². The lowest BCUT2D eigenvalue weighted by Gasteiger charge is -2.14. The summed E-state index contributed by atoms with van der Waals surface area (Å²) in [6, 6.07) is 5.41. The third-order valence-electron chi connectivity index (χ3n) is 3.07. The van der Waals surface area contributed by atoms with E-state index in [0.29, 0.717) is 11.3 Å². The summed E-state index contributed by atoms with van der Waals surface area (Å²) in [7, 11) is 0. The lowest BCUT2D eigenvalue weighted by Crippen LogP contribution is -2.26. The number of benzene rings is 1. The monoisotopic (exact) mass is 255 g/mol. The Morgan fingerprint density at radius 3 is 2.58 bits per heavy atom. The first-order chi connectivity index (χ1) is 9.15. The van der Waals surface area contributed by atoms with E-state index < -0.39 is 11.6 Å². The lowest BCUT2D eigenvalue weighted by molar-refractivity contribution is -0.486. The lowest BCUT2D eigenvalue weighted by atomic mass is 9.98. The number of pyridine rings is 1. The van der Waals surface area contributed by atoms with Gasteiger partial charge in [-0.2, -0.15) is 0 Å². The fourth-order valence-electron chi connectivity index (χ4n) is 2.27. The van der Waals surface area contributed by atoms with Crippen LogP contribution in [0.25, 0.3) is 17.3 Å². The first kappa shape index (κ1) is 11.7. The van der Waals surface area contributed by atoms with Crippen molar-refractivity contribution in [3.8, 4) is 11.3 Å². The first-order valence-electron chi connectivity index (χ1n) is 5.86. The van der Waals surface area contributed by atoms with Crippen LogP contribution in [0, 0.1) is 24.8 Å². The molecule has 1 aromatic heterocycles. The third kappa shape index (κ3) is 2.03. The highest BCUT2D eigenvalue weighted by atomic mass is 19.1. The van der Waals surface area contributed by atoms with Gasteiger partial charge in [-0.1, -0.05) is 10.8 Å². The van der Waals surface area contributed by atoms with Crippen LogP contribution in [0.3, 0.4) is 0 Å². The molecule has 0 aliphatic heterocycles. The van der Waals surface area contributed by atoms with E-state index in [9.17, 15) is 8.78 Å². The van der Waals surface area contributed by atoms with E-state index in [1.54, 1.807) is 10.4 Å². The summed E-state index contributed by atoms with van der Waals surface area (Å²) in [6.07, 6.45) is 9.46. The largest absolute Gasteiger partial charge is 0.214 e. The predicted octanol–water partition coefficient (Wildman–Crippen LogP) is 2.46. The SMILES string of the molecule is C=[n+]1ccc2c(c1-c1cc(F)cc(F)c1)[CH-]C=CC=2. The maximum absolute atomic E-state index is 13.4. The molecule has 0 unspecified atom stereocenters. The van der Waals surface area contributed by atoms with E-state index in [0.717, 1.165) is 16.8 Å². The molecule has 1 nitrogen and oxygen atoms in total. The van der Waals surface area contributed by atoms with Gasteiger partial charge in [-0.05, 0) is 18.2 Å². The van der Waals surface area contributed by atoms with Crippen molar-refractivity contribution < 1.29 is 13.0 Å². The number of aromatic nitrogens is 1. The van der Waals surface area contributed by atoms with Crippen molar-refractivity contribution in [3.63, 3.8) is 0 Å². The molecule has 1 heterocycles. The molecule has 3 rings (SSSR count). The highest BCUT2D eigenvalue weighted by Gasteiger charge is 2.11. The molecular formula is C16H11F2N. The van der Waals surface area contributed by atoms with Gasteiger partial charge in [0, 0.05) is 11.6 Å². The van der Waals surface area contributed by atoms with Crippen LogP contribution in [0.2, 0.25) is 0 Å². The molecule has 0 N–H and O–H groups in total. The number of hydrogen-bond donors (Lipinski definition) is 0. The van der Waals surface area contributed by atoms with Gasteiger partial charge in [-0.3, -0.25) is 0 Å². The van der Waals surface area contributed by atoms with Gasteiger partial charge in [-0.15, -0.1) is 24.6 Å². The Kier molecular flexibility index (Phi) is 2.67. The molecule has 0 saturated heterocycles. The fraction of sp³-hybridized carbons (Fsp3) is 0. The number of fused-ring (bicyclic) bond motifs is 1. The first-order valence-corrected chi connectivity index (χ1v) is 5.86. The summed E-state index contributed by atoms with van der Waals surface area (Å²) in [5.41, 5.74) is 2.07. The van der Waals surface area contributed by atoms with Gasteiger partial charge in [-0.25, -0.2) is 13.0 Å². The van der Waals surface area contributed by atoms with Crippen LogP contribution in [-0.4, -0.2) is 0 Å². The quantitative estimate of drug-likeness (QED) is 0.545. The summed E-state index contributed by atoms with van der Waals surface area (Å²) < 4.78 is 28.4. The Hall–Kier alpha value is -2.42. The van der Waals surface area contributed by atoms with Crippen molar-refractivity contribution in [2.75, 3.05) is 0 Å². The van der Waals surface area contributed by atoms with Gasteiger partial charge >= 0.3 is 0 Å². The second-order valence-electron chi connectivity index (χ2n) is 4.38. The summed E-state index contributed by atoms with van der Waals surface area (Å²) in [4.78, 5) is 0. The summed E-state index contributed by atoms with van der Waals surface area (Å²) in [5.74, 6) is -1.19. The predicted molar refractivity (Wildman–Crippen MR) is 69.4 cm³/mol. The Morgan fingerprint density at radius 2 is 1.84 bits per heavy atom. The molecule has 0 radical (unpaired) electrons. The van der Waals surface area contributed by atoms with Crippen LogP contribution >= 0.6 is 0 Å². The number of allylic oxidation sites excluding steroid dienone is 2. The fourth-order valence-corrected chi connectivity index (χ4v) is 2.27. The second kappa shape index (κ2) is 4.35. The van der Waals surface area contributed by atoms with Gasteiger partial charge < -0.3 is 0 Å². The van der Waals surface area contributed by atoms with Crippen LogP contribution < -0.4 is 9.46 Å². The number of hydrogen-bond acceptors (Lipinski definition) is 0. The molecule has 1 aliphatic rings. The molecule has 0 amide bonds. The number of nitrogens with zero attached hydrogens (tertiary/aromatic N) is 1. The zero-order valence-corrected chi connectivity index (χ0v) is 10.1. The minimum absolute atomic E-state index is 0.476. The highest BCUT2D eigenvalue weighted by Crippen LogP contribution is 2.22. The molecule has 0 fully saturated rings. The molecule has 2 aromatic rings. The smallest absolute Gasteiger partial charge is 0.156 e. The average molecular weight is 255 g/mol. The summed E-state index contributed by atoms with van der Waals surface area (Å²) >= 11 is 0. The molecule has 1 aromatic carbocycles. The molecule has 0 spiro atoms. The van der Waals surface area contributed by atoms with Crippen LogP contribution in [-0.2, 0) is 0 Å². The number of rotatable bonds is 1. The average Bonchev–Trinajstić information content (AvgIpc) is 2.37. The Morgan fingerprint density at radius 1 is 1.11 bits per heavy atom.